The van der Waals surface area contributed by atoms with E-state index in [9.17, 15) is 4.79 Å². The number of carbonyl (C=O) groups is 1. The van der Waals surface area contributed by atoms with Gasteiger partial charge in [0, 0.05) is 51.0 Å². The van der Waals surface area contributed by atoms with Crippen molar-refractivity contribution in [1.29, 1.82) is 0 Å². The number of carbonyl (C=O) groups excluding carboxylic acids is 1. The molecule has 3 heterocycles. The lowest BCUT2D eigenvalue weighted by atomic mass is 9.90. The van der Waals surface area contributed by atoms with Crippen molar-refractivity contribution in [3.05, 3.63) is 54.0 Å². The summed E-state index contributed by atoms with van der Waals surface area (Å²) in [6.45, 7) is 7.94. The molecule has 2 fully saturated rings. The molecule has 2 saturated heterocycles. The summed E-state index contributed by atoms with van der Waals surface area (Å²) in [5, 5.41) is 0. The Morgan fingerprint density at radius 3 is 2.41 bits per heavy atom. The highest BCUT2D eigenvalue weighted by Crippen LogP contribution is 2.22. The molecular formula is C23H31N5O. The van der Waals surface area contributed by atoms with E-state index in [1.165, 1.54) is 5.56 Å². The van der Waals surface area contributed by atoms with Crippen molar-refractivity contribution in [2.24, 2.45) is 5.92 Å². The number of rotatable bonds is 5. The molecule has 2 aliphatic rings. The minimum Gasteiger partial charge on any atom is -0.354 e. The Morgan fingerprint density at radius 2 is 1.72 bits per heavy atom. The van der Waals surface area contributed by atoms with Gasteiger partial charge in [0.25, 0.3) is 0 Å². The van der Waals surface area contributed by atoms with Crippen LogP contribution in [0.4, 0.5) is 5.82 Å². The Hall–Kier alpha value is -2.47. The summed E-state index contributed by atoms with van der Waals surface area (Å²) in [6.07, 6.45) is 4.98. The Balaban J connectivity index is 1.20. The van der Waals surface area contributed by atoms with Crippen LogP contribution >= 0.6 is 0 Å². The summed E-state index contributed by atoms with van der Waals surface area (Å²) in [5.74, 6) is 1.97. The molecule has 0 radical (unpaired) electrons. The molecule has 0 spiro atoms. The summed E-state index contributed by atoms with van der Waals surface area (Å²) in [4.78, 5) is 28.0. The van der Waals surface area contributed by atoms with Crippen LogP contribution in [0.1, 0.15) is 24.1 Å². The Kier molecular flexibility index (Phi) is 6.39. The molecule has 0 N–H and O–H groups in total. The second-order valence-corrected chi connectivity index (χ2v) is 8.29. The summed E-state index contributed by atoms with van der Waals surface area (Å²) >= 11 is 0. The Labute approximate surface area is 173 Å². The lowest BCUT2D eigenvalue weighted by molar-refractivity contribution is -0.133. The maximum atomic E-state index is 12.8. The number of nitrogens with zero attached hydrogens (tertiary/aromatic N) is 5. The predicted octanol–water partition coefficient (Wildman–Crippen LogP) is 2.39. The van der Waals surface area contributed by atoms with Gasteiger partial charge in [-0.05, 0) is 37.7 Å². The molecule has 29 heavy (non-hydrogen) atoms. The van der Waals surface area contributed by atoms with Crippen molar-refractivity contribution < 1.29 is 4.79 Å². The second-order valence-electron chi connectivity index (χ2n) is 8.29. The van der Waals surface area contributed by atoms with Gasteiger partial charge < -0.3 is 9.80 Å². The standard InChI is InChI=1S/C23H31N5O/c1-19-15-22(25-18-24-19)27-13-11-26(12-14-27)17-23(29)28-9-7-21(8-10-28)16-20-5-3-2-4-6-20/h2-6,15,18,21H,7-14,16-17H2,1H3. The van der Waals surface area contributed by atoms with E-state index in [4.69, 9.17) is 0 Å². The molecule has 0 aliphatic carbocycles. The number of piperazine rings is 1. The molecule has 1 aromatic carbocycles. The third-order valence-electron chi connectivity index (χ3n) is 6.18. The number of piperidine rings is 1. The fourth-order valence-corrected chi connectivity index (χ4v) is 4.37. The van der Waals surface area contributed by atoms with Gasteiger partial charge >= 0.3 is 0 Å². The number of hydrogen-bond donors (Lipinski definition) is 0. The van der Waals surface area contributed by atoms with E-state index in [-0.39, 0.29) is 5.91 Å². The monoisotopic (exact) mass is 393 g/mol. The first kappa shape index (κ1) is 19.8. The minimum atomic E-state index is 0.287. The highest BCUT2D eigenvalue weighted by molar-refractivity contribution is 5.78. The zero-order chi connectivity index (χ0) is 20.1. The fourth-order valence-electron chi connectivity index (χ4n) is 4.37. The first-order valence-electron chi connectivity index (χ1n) is 10.7. The van der Waals surface area contributed by atoms with Gasteiger partial charge in [-0.25, -0.2) is 9.97 Å². The van der Waals surface area contributed by atoms with Gasteiger partial charge in [0.2, 0.25) is 5.91 Å². The van der Waals surface area contributed by atoms with E-state index < -0.39 is 0 Å². The lowest BCUT2D eigenvalue weighted by Crippen LogP contribution is -2.51. The zero-order valence-corrected chi connectivity index (χ0v) is 17.3. The number of likely N-dealkylation sites (tertiary alicyclic amines) is 1. The maximum Gasteiger partial charge on any atom is 0.236 e. The molecule has 154 valence electrons. The third-order valence-corrected chi connectivity index (χ3v) is 6.18. The van der Waals surface area contributed by atoms with Crippen LogP contribution in [0.5, 0.6) is 0 Å². The largest absolute Gasteiger partial charge is 0.354 e. The number of aryl methyl sites for hydroxylation is 1. The average molecular weight is 394 g/mol. The normalized spacial score (nSPS) is 18.8. The van der Waals surface area contributed by atoms with Gasteiger partial charge in [0.15, 0.2) is 0 Å². The first-order valence-corrected chi connectivity index (χ1v) is 10.7. The quantitative estimate of drug-likeness (QED) is 0.781. The SMILES string of the molecule is Cc1cc(N2CCN(CC(=O)N3CCC(Cc4ccccc4)CC3)CC2)ncn1. The van der Waals surface area contributed by atoms with Crippen molar-refractivity contribution in [3.63, 3.8) is 0 Å². The molecule has 6 nitrogen and oxygen atoms in total. The number of benzene rings is 1. The summed E-state index contributed by atoms with van der Waals surface area (Å²) in [6, 6.07) is 12.7. The molecule has 0 bridgehead atoms. The average Bonchev–Trinajstić information content (AvgIpc) is 2.75. The minimum absolute atomic E-state index is 0.287. The van der Waals surface area contributed by atoms with Gasteiger partial charge in [-0.3, -0.25) is 9.69 Å². The molecule has 2 aliphatic heterocycles. The van der Waals surface area contributed by atoms with Crippen molar-refractivity contribution in [2.75, 3.05) is 50.7 Å². The topological polar surface area (TPSA) is 52.6 Å². The van der Waals surface area contributed by atoms with Gasteiger partial charge in [-0.15, -0.1) is 0 Å². The molecule has 0 unspecified atom stereocenters. The van der Waals surface area contributed by atoms with Gasteiger partial charge in [-0.1, -0.05) is 30.3 Å². The van der Waals surface area contributed by atoms with E-state index in [0.29, 0.717) is 12.5 Å². The van der Waals surface area contributed by atoms with Crippen molar-refractivity contribution in [1.82, 2.24) is 19.8 Å². The highest BCUT2D eigenvalue weighted by Gasteiger charge is 2.26. The molecule has 1 amide bonds. The van der Waals surface area contributed by atoms with Crippen LogP contribution in [-0.2, 0) is 11.2 Å². The van der Waals surface area contributed by atoms with E-state index in [1.54, 1.807) is 6.33 Å². The summed E-state index contributed by atoms with van der Waals surface area (Å²) < 4.78 is 0. The second kappa shape index (κ2) is 9.35. The number of hydrogen-bond acceptors (Lipinski definition) is 5. The molecule has 2 aromatic rings. The van der Waals surface area contributed by atoms with E-state index in [2.05, 4.69) is 55.0 Å². The number of anilines is 1. The van der Waals surface area contributed by atoms with Gasteiger partial charge in [-0.2, -0.15) is 0 Å². The van der Waals surface area contributed by atoms with Gasteiger partial charge in [0.05, 0.1) is 6.54 Å². The maximum absolute atomic E-state index is 12.8. The Bertz CT molecular complexity index is 796. The molecule has 0 atom stereocenters. The summed E-state index contributed by atoms with van der Waals surface area (Å²) in [5.41, 5.74) is 2.40. The third kappa shape index (κ3) is 5.32. The van der Waals surface area contributed by atoms with Gasteiger partial charge in [0.1, 0.15) is 12.1 Å². The van der Waals surface area contributed by atoms with Crippen molar-refractivity contribution in [3.8, 4) is 0 Å². The van der Waals surface area contributed by atoms with Crippen LogP contribution in [0, 0.1) is 12.8 Å². The van der Waals surface area contributed by atoms with E-state index in [1.807, 2.05) is 13.0 Å². The van der Waals surface area contributed by atoms with Crippen LogP contribution in [0.15, 0.2) is 42.7 Å². The van der Waals surface area contributed by atoms with Crippen LogP contribution in [-0.4, -0.2) is 71.5 Å². The van der Waals surface area contributed by atoms with Crippen LogP contribution in [0.3, 0.4) is 0 Å². The number of amides is 1. The van der Waals surface area contributed by atoms with E-state index in [0.717, 1.165) is 70.0 Å². The molecule has 1 aromatic heterocycles. The van der Waals surface area contributed by atoms with Crippen molar-refractivity contribution in [2.45, 2.75) is 26.2 Å². The molecule has 6 heteroatoms. The van der Waals surface area contributed by atoms with Crippen molar-refractivity contribution >= 4 is 11.7 Å². The number of aromatic nitrogens is 2. The highest BCUT2D eigenvalue weighted by atomic mass is 16.2. The fraction of sp³-hybridized carbons (Fsp3) is 0.522. The first-order chi connectivity index (χ1) is 14.2. The molecular weight excluding hydrogens is 362 g/mol. The Morgan fingerprint density at radius 1 is 1.00 bits per heavy atom. The zero-order valence-electron chi connectivity index (χ0n) is 17.3. The lowest BCUT2D eigenvalue weighted by Gasteiger charge is -2.37. The molecule has 0 saturated carbocycles. The van der Waals surface area contributed by atoms with Crippen LogP contribution in [0.25, 0.3) is 0 Å². The van der Waals surface area contributed by atoms with Crippen LogP contribution < -0.4 is 4.90 Å². The molecule has 4 rings (SSSR count). The predicted molar refractivity (Wildman–Crippen MR) is 115 cm³/mol. The smallest absolute Gasteiger partial charge is 0.236 e. The van der Waals surface area contributed by atoms with E-state index >= 15 is 0 Å². The summed E-state index contributed by atoms with van der Waals surface area (Å²) in [7, 11) is 0. The van der Waals surface area contributed by atoms with Crippen LogP contribution in [0.2, 0.25) is 0 Å².